The molecule has 3 amide bonds. The first kappa shape index (κ1) is 21.0. The second kappa shape index (κ2) is 7.19. The van der Waals surface area contributed by atoms with Gasteiger partial charge in [0.1, 0.15) is 31.1 Å². The molecule has 0 saturated carbocycles. The van der Waals surface area contributed by atoms with E-state index in [1.54, 1.807) is 0 Å². The van der Waals surface area contributed by atoms with Gasteiger partial charge < -0.3 is 15.6 Å². The highest BCUT2D eigenvalue weighted by molar-refractivity contribution is 7.99. The summed E-state index contributed by atoms with van der Waals surface area (Å²) < 4.78 is 45.0. The highest BCUT2D eigenvalue weighted by Gasteiger charge is 2.66. The number of carbonyl (C=O) groups is 4. The Morgan fingerprint density at radius 2 is 2.03 bits per heavy atom. The lowest BCUT2D eigenvalue weighted by Crippen LogP contribution is -2.76. The molecule has 17 heteroatoms. The molecule has 1 aromatic heterocycles. The van der Waals surface area contributed by atoms with E-state index in [-0.39, 0.29) is 27.9 Å². The molecule has 1 unspecified atom stereocenters. The zero-order valence-electron chi connectivity index (χ0n) is 15.1. The van der Waals surface area contributed by atoms with Gasteiger partial charge in [-0.1, -0.05) is 11.8 Å². The number of primary amides is 1. The number of carboxylic acid groups (broad SMARTS) is 1. The third kappa shape index (κ3) is 3.29. The lowest BCUT2D eigenvalue weighted by molar-refractivity contribution is -0.218. The van der Waals surface area contributed by atoms with Crippen LogP contribution < -0.4 is 5.73 Å². The molecule has 0 radical (unpaired) electrons. The number of ether oxygens (including phenoxy) is 1. The first-order valence-corrected chi connectivity index (χ1v) is 9.47. The van der Waals surface area contributed by atoms with Crippen molar-refractivity contribution < 1.29 is 42.2 Å². The summed E-state index contributed by atoms with van der Waals surface area (Å²) in [5, 5.41) is 20.4. The van der Waals surface area contributed by atoms with Crippen LogP contribution in [0, 0.1) is 0 Å². The number of alkyl halides is 3. The van der Waals surface area contributed by atoms with E-state index in [1.165, 1.54) is 0 Å². The number of hydrogen-bond acceptors (Lipinski definition) is 9. The molecular formula is C14H12F3N7O6S. The van der Waals surface area contributed by atoms with Gasteiger partial charge in [0.05, 0.1) is 6.04 Å². The molecular weight excluding hydrogens is 451 g/mol. The molecule has 0 aromatic carbocycles. The Balaban J connectivity index is 1.59. The minimum Gasteiger partial charge on any atom is -0.477 e. The number of rotatable bonds is 6. The van der Waals surface area contributed by atoms with E-state index in [4.69, 9.17) is 10.5 Å². The standard InChI is InChI=1S/C14H12F3N7O6S/c15-14(16,17)12(29)22-3-30-9-4(2-31-13-19-20-21-23(13)1-5(18)25)6(11(27)28)24-7(9)8(22)10(24)26/h7-9H,1-3H2,(H2,18,25)(H,27,28)/t7-,8-,9?/m0/s1. The van der Waals surface area contributed by atoms with Crippen LogP contribution in [0.25, 0.3) is 0 Å². The summed E-state index contributed by atoms with van der Waals surface area (Å²) >= 11 is 0.922. The average molecular weight is 463 g/mol. The van der Waals surface area contributed by atoms with Gasteiger partial charge in [-0.15, -0.1) is 5.10 Å². The highest BCUT2D eigenvalue weighted by atomic mass is 32.2. The minimum absolute atomic E-state index is 0.106. The van der Waals surface area contributed by atoms with Crippen LogP contribution in [-0.4, -0.2) is 95.7 Å². The number of halogens is 3. The van der Waals surface area contributed by atoms with Crippen LogP contribution in [0.3, 0.4) is 0 Å². The third-order valence-corrected chi connectivity index (χ3v) is 5.91. The number of carboxylic acids is 1. The molecule has 3 atom stereocenters. The van der Waals surface area contributed by atoms with Crippen molar-refractivity contribution in [3.63, 3.8) is 0 Å². The summed E-state index contributed by atoms with van der Waals surface area (Å²) in [5.74, 6) is -5.49. The molecule has 3 N–H and O–H groups in total. The molecule has 31 heavy (non-hydrogen) atoms. The molecule has 2 saturated heterocycles. The highest BCUT2D eigenvalue weighted by Crippen LogP contribution is 2.46. The third-order valence-electron chi connectivity index (χ3n) is 4.91. The summed E-state index contributed by atoms with van der Waals surface area (Å²) in [6.45, 7) is -1.16. The summed E-state index contributed by atoms with van der Waals surface area (Å²) in [6, 6.07) is -2.57. The zero-order chi connectivity index (χ0) is 22.7. The van der Waals surface area contributed by atoms with E-state index in [0.717, 1.165) is 21.3 Å². The van der Waals surface area contributed by atoms with Crippen molar-refractivity contribution in [2.75, 3.05) is 12.5 Å². The molecule has 4 heterocycles. The maximum Gasteiger partial charge on any atom is 0.471 e. The van der Waals surface area contributed by atoms with Gasteiger partial charge in [-0.2, -0.15) is 13.2 Å². The Kier molecular flexibility index (Phi) is 4.88. The molecule has 13 nitrogen and oxygen atoms in total. The zero-order valence-corrected chi connectivity index (χ0v) is 16.0. The van der Waals surface area contributed by atoms with Crippen molar-refractivity contribution >= 4 is 35.5 Å². The number of nitrogens with two attached hydrogens (primary N) is 1. The lowest BCUT2D eigenvalue weighted by Gasteiger charge is -2.52. The Morgan fingerprint density at radius 3 is 2.65 bits per heavy atom. The van der Waals surface area contributed by atoms with E-state index in [0.29, 0.717) is 0 Å². The topological polar surface area (TPSA) is 174 Å². The molecule has 3 aliphatic rings. The Morgan fingerprint density at radius 1 is 1.32 bits per heavy atom. The SMILES string of the molecule is NC(=O)Cn1nnnc1SCC1=C(C(=O)O)N2C(=O)[C@@H]3[C@H]2C1OCN3C(=O)C(F)(F)F. The van der Waals surface area contributed by atoms with Crippen molar-refractivity contribution in [1.82, 2.24) is 30.0 Å². The van der Waals surface area contributed by atoms with Gasteiger partial charge in [0, 0.05) is 11.3 Å². The number of hydrogen-bond donors (Lipinski definition) is 2. The number of aromatic nitrogens is 4. The van der Waals surface area contributed by atoms with Crippen LogP contribution in [0.4, 0.5) is 13.2 Å². The Hall–Kier alpha value is -3.21. The van der Waals surface area contributed by atoms with Crippen molar-refractivity contribution in [3.05, 3.63) is 11.3 Å². The Labute approximate surface area is 173 Å². The minimum atomic E-state index is -5.21. The van der Waals surface area contributed by atoms with Gasteiger partial charge >= 0.3 is 18.1 Å². The van der Waals surface area contributed by atoms with Gasteiger partial charge in [0.2, 0.25) is 11.1 Å². The largest absolute Gasteiger partial charge is 0.477 e. The van der Waals surface area contributed by atoms with Gasteiger partial charge in [0.25, 0.3) is 5.91 Å². The van der Waals surface area contributed by atoms with Crippen molar-refractivity contribution in [3.8, 4) is 0 Å². The first-order valence-electron chi connectivity index (χ1n) is 8.48. The van der Waals surface area contributed by atoms with Crippen molar-refractivity contribution in [1.29, 1.82) is 0 Å². The van der Waals surface area contributed by atoms with E-state index >= 15 is 0 Å². The van der Waals surface area contributed by atoms with Gasteiger partial charge in [-0.05, 0) is 10.4 Å². The smallest absolute Gasteiger partial charge is 0.471 e. The average Bonchev–Trinajstić information content (AvgIpc) is 3.24. The summed E-state index contributed by atoms with van der Waals surface area (Å²) in [7, 11) is 0. The number of thioether (sulfide) groups is 1. The second-order valence-electron chi connectivity index (χ2n) is 6.69. The van der Waals surface area contributed by atoms with Gasteiger partial charge in [0.15, 0.2) is 0 Å². The van der Waals surface area contributed by atoms with Crippen LogP contribution in [0.1, 0.15) is 0 Å². The number of tetrazole rings is 1. The normalized spacial score (nSPS) is 24.9. The van der Waals surface area contributed by atoms with Crippen LogP contribution in [-0.2, 0) is 30.5 Å². The molecule has 4 rings (SSSR count). The van der Waals surface area contributed by atoms with Gasteiger partial charge in [-0.3, -0.25) is 24.2 Å². The van der Waals surface area contributed by atoms with Crippen LogP contribution in [0.15, 0.2) is 16.4 Å². The Bertz CT molecular complexity index is 1030. The number of β-lactam (4-membered cyclic amide) rings is 1. The maximum atomic E-state index is 12.8. The van der Waals surface area contributed by atoms with E-state index in [9.17, 15) is 37.5 Å². The summed E-state index contributed by atoms with van der Waals surface area (Å²) in [4.78, 5) is 48.1. The molecule has 0 spiro atoms. The van der Waals surface area contributed by atoms with Crippen molar-refractivity contribution in [2.45, 2.75) is 36.1 Å². The monoisotopic (exact) mass is 463 g/mol. The van der Waals surface area contributed by atoms with E-state index in [2.05, 4.69) is 15.5 Å². The van der Waals surface area contributed by atoms with Gasteiger partial charge in [-0.25, -0.2) is 9.48 Å². The van der Waals surface area contributed by atoms with Crippen molar-refractivity contribution in [2.24, 2.45) is 5.73 Å². The summed E-state index contributed by atoms with van der Waals surface area (Å²) in [6.07, 6.45) is -6.24. The van der Waals surface area contributed by atoms with E-state index in [1.807, 2.05) is 0 Å². The molecule has 1 aromatic rings. The first-order chi connectivity index (χ1) is 14.5. The lowest BCUT2D eigenvalue weighted by atomic mass is 9.89. The van der Waals surface area contributed by atoms with Crippen LogP contribution >= 0.6 is 11.8 Å². The number of aliphatic carboxylic acids is 1. The second-order valence-corrected chi connectivity index (χ2v) is 7.63. The molecule has 3 aliphatic heterocycles. The van der Waals surface area contributed by atoms with Crippen LogP contribution in [0.2, 0.25) is 0 Å². The van der Waals surface area contributed by atoms with Crippen LogP contribution in [0.5, 0.6) is 0 Å². The number of carbonyl (C=O) groups excluding carboxylic acids is 3. The predicted molar refractivity (Wildman–Crippen MR) is 89.5 cm³/mol. The van der Waals surface area contributed by atoms with E-state index < -0.39 is 60.5 Å². The number of amides is 3. The fourth-order valence-electron chi connectivity index (χ4n) is 3.74. The molecule has 0 aliphatic carbocycles. The number of nitrogens with zero attached hydrogens (tertiary/aromatic N) is 6. The molecule has 0 bridgehead atoms. The molecule has 2 fully saturated rings. The summed E-state index contributed by atoms with van der Waals surface area (Å²) in [5.41, 5.74) is 4.78. The maximum absolute atomic E-state index is 12.8. The fraction of sp³-hybridized carbons (Fsp3) is 0.500. The predicted octanol–water partition coefficient (Wildman–Crippen LogP) is -2.07. The quantitative estimate of drug-likeness (QED) is 0.352. The molecule has 166 valence electrons. The fourth-order valence-corrected chi connectivity index (χ4v) is 4.67.